The second kappa shape index (κ2) is 31.7. The first-order chi connectivity index (χ1) is 59.2. The molecule has 6 aromatic heterocycles. The van der Waals surface area contributed by atoms with Crippen LogP contribution in [0.25, 0.3) is 9.69 Å². The molecule has 0 radical (unpaired) electrons. The summed E-state index contributed by atoms with van der Waals surface area (Å²) >= 11 is 7.28. The number of fused-ring (bicyclic) bond motifs is 2. The van der Waals surface area contributed by atoms with Crippen molar-refractivity contribution in [2.45, 2.75) is 294 Å². The summed E-state index contributed by atoms with van der Waals surface area (Å²) in [5.74, 6) is 6.12. The number of ketones is 1. The zero-order chi connectivity index (χ0) is 89.2. The third kappa shape index (κ3) is 17.7. The number of thiazole rings is 6. The smallest absolute Gasteiger partial charge is 0.345 e. The number of carbonyl (C=O) groups is 7. The van der Waals surface area contributed by atoms with Gasteiger partial charge in [-0.05, 0) is 319 Å². The Morgan fingerprint density at radius 3 is 1.07 bits per heavy atom. The average molecular weight is 1830 g/mol. The van der Waals surface area contributed by atoms with Crippen LogP contribution in [0.1, 0.15) is 305 Å². The molecule has 6 N–H and O–H groups in total. The maximum absolute atomic E-state index is 13.1. The highest BCUT2D eigenvalue weighted by Crippen LogP contribution is 2.75. The lowest BCUT2D eigenvalue weighted by Crippen LogP contribution is -2.58. The summed E-state index contributed by atoms with van der Waals surface area (Å²) in [4.78, 5) is 130. The van der Waals surface area contributed by atoms with Gasteiger partial charge in [-0.3, -0.25) is 49.0 Å². The summed E-state index contributed by atoms with van der Waals surface area (Å²) in [5.41, 5.74) is 2.30. The molecule has 126 heavy (non-hydrogen) atoms. The largest absolute Gasteiger partial charge is 0.360 e. The monoisotopic (exact) mass is 1830 g/mol. The van der Waals surface area contributed by atoms with Crippen molar-refractivity contribution < 1.29 is 42.9 Å². The van der Waals surface area contributed by atoms with Gasteiger partial charge in [0.2, 0.25) is 35.4 Å². The molecule has 31 heteroatoms. The number of carbonyl (C=O) groups excluding carboxylic acids is 7. The van der Waals surface area contributed by atoms with Gasteiger partial charge in [0, 0.05) is 41.4 Å². The predicted octanol–water partition coefficient (Wildman–Crippen LogP) is 24.3. The van der Waals surface area contributed by atoms with Crippen LogP contribution in [-0.4, -0.2) is 76.1 Å². The first-order valence-corrected chi connectivity index (χ1v) is 50.9. The van der Waals surface area contributed by atoms with Gasteiger partial charge in [0.15, 0.2) is 36.6 Å². The van der Waals surface area contributed by atoms with Crippen LogP contribution in [0.5, 0.6) is 0 Å². The van der Waals surface area contributed by atoms with Crippen molar-refractivity contribution in [2.75, 3.05) is 31.9 Å². The van der Waals surface area contributed by atoms with Crippen LogP contribution >= 0.6 is 68.0 Å². The fourth-order valence-electron chi connectivity index (χ4n) is 34.7. The Morgan fingerprint density at radius 1 is 0.413 bits per heavy atom. The fraction of sp³-hybridized carbons (Fsp3) is 0.716. The van der Waals surface area contributed by atoms with E-state index in [2.05, 4.69) is 141 Å². The van der Waals surface area contributed by atoms with Crippen molar-refractivity contribution in [3.8, 4) is 0 Å². The molecule has 0 spiro atoms. The van der Waals surface area contributed by atoms with Gasteiger partial charge < -0.3 is 31.4 Å². The SMILES string of the molecule is CC(=O)c1csc(NC(=O)C23CC4CC(C)(CC(C)(C4)C2)C3)n1.CC12CC3CC(C)(C1)CC(C(=O)Nc1ncc(F)s1)(C3)C2.CC12CC3CC(C)(C1)CC(C(=O)Nc1ncc([N+](=O)[O-])s1)(C3)C2.O=C(Nc1nccs1)C1CC2CCC1C2.[C-]#[N+]c1cnc(NC(=O)C23CC4CC(C)(CC(C)(C4)C2)C3)s1.[C-]#[N+]c1csc(NC(=O)C23CC4CC(C)(CC(C)(C4)C2)C3)n1. The number of Topliss-reactive ketones (excluding diaryl/α,β-unsaturated/α-hetero) is 1. The number of amides is 6. The number of rotatable bonds is 14. The topological polar surface area (TPSA) is 321 Å². The van der Waals surface area contributed by atoms with E-state index in [0.29, 0.717) is 121 Å². The predicted molar refractivity (Wildman–Crippen MR) is 492 cm³/mol. The Balaban J connectivity index is 0.000000103. The molecule has 22 bridgehead atoms. The van der Waals surface area contributed by atoms with Crippen molar-refractivity contribution in [3.05, 3.63) is 84.7 Å². The van der Waals surface area contributed by atoms with E-state index >= 15 is 0 Å². The number of nitrogens with zero attached hydrogens (tertiary/aromatic N) is 9. The zero-order valence-corrected chi connectivity index (χ0v) is 79.6. The first-order valence-electron chi connectivity index (χ1n) is 45.8. The van der Waals surface area contributed by atoms with Crippen molar-refractivity contribution in [3.63, 3.8) is 0 Å². The summed E-state index contributed by atoms with van der Waals surface area (Å²) in [6.07, 6.45) is 44.5. The van der Waals surface area contributed by atoms with Crippen LogP contribution < -0.4 is 31.9 Å². The van der Waals surface area contributed by atoms with Crippen LogP contribution in [-0.2, 0) is 28.8 Å². The maximum atomic E-state index is 13.1. The van der Waals surface area contributed by atoms with Gasteiger partial charge in [-0.2, -0.15) is 4.39 Å². The van der Waals surface area contributed by atoms with Crippen molar-refractivity contribution in [1.82, 2.24) is 29.9 Å². The molecule has 24 nitrogen and oxygen atoms in total. The van der Waals surface area contributed by atoms with Gasteiger partial charge in [0.1, 0.15) is 11.9 Å². The molecule has 0 saturated heterocycles. The fourth-order valence-corrected chi connectivity index (χ4v) is 38.3. The summed E-state index contributed by atoms with van der Waals surface area (Å²) in [6, 6.07) is 0. The molecule has 0 aliphatic heterocycles. The molecule has 13 atom stereocenters. The van der Waals surface area contributed by atoms with E-state index in [1.165, 1.54) is 186 Å². The normalized spacial score (nSPS) is 41.0. The second-order valence-electron chi connectivity index (χ2n) is 47.5. The molecule has 22 fully saturated rings. The molecule has 22 saturated carbocycles. The lowest BCUT2D eigenvalue weighted by molar-refractivity contribution is -0.380. The Labute approximate surface area is 762 Å². The lowest BCUT2D eigenvalue weighted by atomic mass is 9.40. The summed E-state index contributed by atoms with van der Waals surface area (Å²) in [5, 5.41) is 37.1. The minimum Gasteiger partial charge on any atom is -0.360 e. The molecule has 6 amide bonds. The van der Waals surface area contributed by atoms with E-state index in [-0.39, 0.29) is 95.2 Å². The van der Waals surface area contributed by atoms with Crippen LogP contribution in [0.3, 0.4) is 0 Å². The Bertz CT molecular complexity index is 5100. The van der Waals surface area contributed by atoms with Gasteiger partial charge >= 0.3 is 5.00 Å². The van der Waals surface area contributed by atoms with Gasteiger partial charge in [0.25, 0.3) is 16.0 Å². The van der Waals surface area contributed by atoms with Crippen molar-refractivity contribution in [1.29, 1.82) is 0 Å². The molecule has 674 valence electrons. The van der Waals surface area contributed by atoms with E-state index < -0.39 is 4.92 Å². The summed E-state index contributed by atoms with van der Waals surface area (Å²) in [7, 11) is 0. The highest BCUT2D eigenvalue weighted by Gasteiger charge is 2.68. The van der Waals surface area contributed by atoms with E-state index in [9.17, 15) is 48.1 Å². The summed E-state index contributed by atoms with van der Waals surface area (Å²) in [6.45, 7) is 39.1. The van der Waals surface area contributed by atoms with Gasteiger partial charge in [0.05, 0.1) is 44.8 Å². The number of hydrogen-bond donors (Lipinski definition) is 6. The van der Waals surface area contributed by atoms with Gasteiger partial charge in [-0.1, -0.05) is 110 Å². The Hall–Kier alpha value is -7.42. The van der Waals surface area contributed by atoms with Crippen molar-refractivity contribution >= 4 is 156 Å². The van der Waals surface area contributed by atoms with Crippen LogP contribution in [0.4, 0.5) is 51.0 Å². The minimum atomic E-state index is -0.472. The minimum absolute atomic E-state index is 0.0169. The lowest BCUT2D eigenvalue weighted by Gasteiger charge is -2.64. The third-order valence-corrected chi connectivity index (χ3v) is 38.2. The Kier molecular flexibility index (Phi) is 22.4. The molecular weight excluding hydrogens is 1710 g/mol. The number of anilines is 6. The zero-order valence-electron chi connectivity index (χ0n) is 74.7. The highest BCUT2D eigenvalue weighted by atomic mass is 32.1. The standard InChI is InChI=1S/C18H24N2O2S.2C17H21N3OS.C16H21FN2OS.C16H21N3O3S.C11H14N2OS/c1-11(21)13-7-23-15(19-13)20-14(22)18-6-12-4-16(2,9-18)8-17(3,5-12)10-18;1-15-4-11-5-16(2,8-15)10-17(6-11,9-15)13(21)20-14-19-12(18-3)7-22-14;1-15-4-11-5-16(2,8-15)10-17(6-11,9-15)13(21)20-14-19-7-12(18-3)22-14;1-14-3-10-4-15(2,7-14)9-16(5-10,8-14)12(20)19-13-18-6-11(17)21-13;1-14-3-10-4-15(2,7-14)9-16(5-10,8-14)12(20)18-13-17-6-11(23-13)19(21)22;14-10(13-11-12-3-4-15-11)9-6-7-1-2-8(9)5-7/h7,12H,4-6,8-10H2,1-3H3,(H,19,20,22);2*7,11H,4-6,8-10H2,1-2H3,(H,19,20,21);6,10H,3-5,7-9H2,1-2H3,(H,18,19,20);6,10H,3-5,7-9H2,1-2H3,(H,17,18,20);3-4,7-9H,1-2,5-6H2,(H,12,13,14). The molecule has 0 aromatic carbocycles. The number of aromatic nitrogens is 6. The highest BCUT2D eigenvalue weighted by molar-refractivity contribution is 7.20. The van der Waals surface area contributed by atoms with Crippen LogP contribution in [0.2, 0.25) is 0 Å². The molecule has 28 rings (SSSR count). The van der Waals surface area contributed by atoms with Gasteiger partial charge in [-0.15, -0.1) is 34.0 Å². The number of hydrogen-bond acceptors (Lipinski definition) is 21. The van der Waals surface area contributed by atoms with E-state index in [4.69, 9.17) is 13.1 Å². The second-order valence-corrected chi connectivity index (χ2v) is 53.1. The molecule has 6 aromatic rings. The van der Waals surface area contributed by atoms with E-state index in [1.807, 2.05) is 5.38 Å². The van der Waals surface area contributed by atoms with Crippen molar-refractivity contribution in [2.24, 2.45) is 129 Å². The number of halogens is 1. The van der Waals surface area contributed by atoms with Crippen LogP contribution in [0.15, 0.2) is 40.9 Å². The number of nitro groups is 1. The molecule has 6 heterocycles. The molecule has 13 unspecified atom stereocenters. The third-order valence-electron chi connectivity index (χ3n) is 33.6. The number of nitrogens with one attached hydrogen (secondary N) is 6. The maximum Gasteiger partial charge on any atom is 0.345 e. The molecular formula is C95H122FN15O9S6. The first kappa shape index (κ1) is 89.2. The quantitative estimate of drug-likeness (QED) is 0.0255. The van der Waals surface area contributed by atoms with Crippen LogP contribution in [0, 0.1) is 157 Å². The van der Waals surface area contributed by atoms with E-state index in [1.54, 1.807) is 17.0 Å². The summed E-state index contributed by atoms with van der Waals surface area (Å²) < 4.78 is 13.1. The molecule has 22 aliphatic carbocycles. The Morgan fingerprint density at radius 2 is 0.778 bits per heavy atom. The average Bonchev–Trinajstić information content (AvgIpc) is 1.49. The molecule has 22 aliphatic rings. The van der Waals surface area contributed by atoms with Gasteiger partial charge in [-0.25, -0.2) is 29.8 Å². The van der Waals surface area contributed by atoms with E-state index in [0.717, 1.165) is 136 Å².